The van der Waals surface area contributed by atoms with Gasteiger partial charge in [-0.15, -0.1) is 0 Å². The highest BCUT2D eigenvalue weighted by atomic mass is 32.1. The van der Waals surface area contributed by atoms with Crippen LogP contribution in [0, 0.1) is 0 Å². The van der Waals surface area contributed by atoms with Crippen molar-refractivity contribution in [1.82, 2.24) is 10.2 Å². The summed E-state index contributed by atoms with van der Waals surface area (Å²) in [6, 6.07) is 15.2. The van der Waals surface area contributed by atoms with Crippen molar-refractivity contribution in [2.45, 2.75) is 32.9 Å². The lowest BCUT2D eigenvalue weighted by molar-refractivity contribution is 0.0342. The Morgan fingerprint density at radius 1 is 1.20 bits per heavy atom. The van der Waals surface area contributed by atoms with Gasteiger partial charge in [0, 0.05) is 30.9 Å². The number of morpholine rings is 1. The summed E-state index contributed by atoms with van der Waals surface area (Å²) in [4.78, 5) is 14.9. The standard InChI is InChI=1S/C23H29N3O3S/c1-3-17(2)29-21-6-4-5-19(15-21)22(27)25-23(30)24-20-9-7-18(8-10-20)16-26-11-13-28-14-12-26/h4-10,15,17H,3,11-14,16H2,1-2H3,(H2,24,25,27,30)/t17-/m0/s1. The average molecular weight is 428 g/mol. The summed E-state index contributed by atoms with van der Waals surface area (Å²) in [5.74, 6) is 0.401. The molecule has 1 fully saturated rings. The lowest BCUT2D eigenvalue weighted by atomic mass is 10.2. The number of anilines is 1. The van der Waals surface area contributed by atoms with E-state index in [4.69, 9.17) is 21.7 Å². The molecule has 0 saturated carbocycles. The van der Waals surface area contributed by atoms with Gasteiger partial charge >= 0.3 is 0 Å². The second kappa shape index (κ2) is 11.1. The van der Waals surface area contributed by atoms with Crippen LogP contribution in [0.15, 0.2) is 48.5 Å². The van der Waals surface area contributed by atoms with Crippen LogP contribution in [0.25, 0.3) is 0 Å². The van der Waals surface area contributed by atoms with Gasteiger partial charge in [-0.25, -0.2) is 0 Å². The summed E-state index contributed by atoms with van der Waals surface area (Å²) in [5, 5.41) is 6.05. The molecule has 2 aromatic carbocycles. The van der Waals surface area contributed by atoms with E-state index in [-0.39, 0.29) is 17.1 Å². The molecule has 1 saturated heterocycles. The van der Waals surface area contributed by atoms with Gasteiger partial charge in [0.05, 0.1) is 19.3 Å². The minimum Gasteiger partial charge on any atom is -0.491 e. The van der Waals surface area contributed by atoms with Crippen LogP contribution in [0.1, 0.15) is 36.2 Å². The van der Waals surface area contributed by atoms with Crippen molar-refractivity contribution in [3.63, 3.8) is 0 Å². The summed E-state index contributed by atoms with van der Waals surface area (Å²) >= 11 is 5.30. The van der Waals surface area contributed by atoms with E-state index in [1.807, 2.05) is 25.1 Å². The zero-order valence-electron chi connectivity index (χ0n) is 17.5. The summed E-state index contributed by atoms with van der Waals surface area (Å²) < 4.78 is 11.2. The van der Waals surface area contributed by atoms with E-state index in [1.54, 1.807) is 18.2 Å². The molecule has 6 nitrogen and oxygen atoms in total. The Morgan fingerprint density at radius 3 is 2.63 bits per heavy atom. The monoisotopic (exact) mass is 427 g/mol. The normalized spacial score (nSPS) is 15.3. The number of ether oxygens (including phenoxy) is 2. The first-order valence-corrected chi connectivity index (χ1v) is 10.7. The zero-order chi connectivity index (χ0) is 21.3. The van der Waals surface area contributed by atoms with E-state index < -0.39 is 0 Å². The van der Waals surface area contributed by atoms with E-state index in [1.165, 1.54) is 5.56 Å². The number of hydrogen-bond donors (Lipinski definition) is 2. The number of nitrogens with one attached hydrogen (secondary N) is 2. The van der Waals surface area contributed by atoms with Crippen molar-refractivity contribution < 1.29 is 14.3 Å². The highest BCUT2D eigenvalue weighted by Gasteiger charge is 2.12. The minimum atomic E-state index is -0.272. The van der Waals surface area contributed by atoms with Crippen molar-refractivity contribution in [3.05, 3.63) is 59.7 Å². The topological polar surface area (TPSA) is 62.8 Å². The molecule has 1 heterocycles. The van der Waals surface area contributed by atoms with Gasteiger partial charge in [-0.1, -0.05) is 25.1 Å². The van der Waals surface area contributed by atoms with Gasteiger partial charge in [0.1, 0.15) is 5.75 Å². The van der Waals surface area contributed by atoms with Gasteiger partial charge < -0.3 is 14.8 Å². The molecule has 1 aliphatic rings. The number of carbonyl (C=O) groups excluding carboxylic acids is 1. The first kappa shape index (κ1) is 22.2. The fourth-order valence-electron chi connectivity index (χ4n) is 3.07. The van der Waals surface area contributed by atoms with Gasteiger partial charge in [0.2, 0.25) is 0 Å². The van der Waals surface area contributed by atoms with Crippen LogP contribution in [0.5, 0.6) is 5.75 Å². The Bertz CT molecular complexity index is 851. The maximum Gasteiger partial charge on any atom is 0.257 e. The quantitative estimate of drug-likeness (QED) is 0.655. The number of nitrogens with zero attached hydrogens (tertiary/aromatic N) is 1. The van der Waals surface area contributed by atoms with Crippen LogP contribution in [0.2, 0.25) is 0 Å². The average Bonchev–Trinajstić information content (AvgIpc) is 2.76. The molecule has 2 N–H and O–H groups in total. The second-order valence-corrected chi connectivity index (χ2v) is 7.77. The molecule has 160 valence electrons. The minimum absolute atomic E-state index is 0.0947. The lowest BCUT2D eigenvalue weighted by Gasteiger charge is -2.26. The maximum atomic E-state index is 12.5. The number of hydrogen-bond acceptors (Lipinski definition) is 5. The maximum absolute atomic E-state index is 12.5. The molecule has 3 rings (SSSR count). The van der Waals surface area contributed by atoms with Crippen molar-refractivity contribution in [1.29, 1.82) is 0 Å². The molecule has 0 aromatic heterocycles. The SMILES string of the molecule is CC[C@H](C)Oc1cccc(C(=O)NC(=S)Nc2ccc(CN3CCOCC3)cc2)c1. The van der Waals surface area contributed by atoms with Crippen molar-refractivity contribution in [2.24, 2.45) is 0 Å². The Balaban J connectivity index is 1.51. The van der Waals surface area contributed by atoms with Gasteiger partial charge in [0.25, 0.3) is 5.91 Å². The first-order chi connectivity index (χ1) is 14.5. The molecule has 1 amide bonds. The number of amides is 1. The fraction of sp³-hybridized carbons (Fsp3) is 0.391. The molecule has 0 unspecified atom stereocenters. The molecular weight excluding hydrogens is 398 g/mol. The molecule has 7 heteroatoms. The molecule has 1 atom stereocenters. The van der Waals surface area contributed by atoms with Crippen LogP contribution in [-0.2, 0) is 11.3 Å². The van der Waals surface area contributed by atoms with Crippen LogP contribution in [0.4, 0.5) is 5.69 Å². The highest BCUT2D eigenvalue weighted by Crippen LogP contribution is 2.16. The first-order valence-electron chi connectivity index (χ1n) is 10.3. The fourth-order valence-corrected chi connectivity index (χ4v) is 3.29. The van der Waals surface area contributed by atoms with E-state index >= 15 is 0 Å². The Labute approximate surface area is 183 Å². The van der Waals surface area contributed by atoms with Gasteiger partial charge in [-0.05, 0) is 61.5 Å². The predicted octanol–water partition coefficient (Wildman–Crippen LogP) is 3.82. The van der Waals surface area contributed by atoms with Crippen LogP contribution in [-0.4, -0.2) is 48.3 Å². The van der Waals surface area contributed by atoms with Crippen LogP contribution < -0.4 is 15.4 Å². The number of rotatable bonds is 7. The van der Waals surface area contributed by atoms with Crippen LogP contribution in [0.3, 0.4) is 0 Å². The Kier molecular flexibility index (Phi) is 8.19. The van der Waals surface area contributed by atoms with E-state index in [2.05, 4.69) is 34.6 Å². The van der Waals surface area contributed by atoms with Crippen molar-refractivity contribution in [3.8, 4) is 5.75 Å². The van der Waals surface area contributed by atoms with Crippen molar-refractivity contribution in [2.75, 3.05) is 31.6 Å². The van der Waals surface area contributed by atoms with E-state index in [0.29, 0.717) is 11.3 Å². The number of carbonyl (C=O) groups is 1. The molecular formula is C23H29N3O3S. The predicted molar refractivity (Wildman–Crippen MR) is 123 cm³/mol. The highest BCUT2D eigenvalue weighted by molar-refractivity contribution is 7.80. The lowest BCUT2D eigenvalue weighted by Crippen LogP contribution is -2.35. The largest absolute Gasteiger partial charge is 0.491 e. The third-order valence-corrected chi connectivity index (χ3v) is 5.16. The third kappa shape index (κ3) is 6.79. The molecule has 30 heavy (non-hydrogen) atoms. The zero-order valence-corrected chi connectivity index (χ0v) is 18.3. The summed E-state index contributed by atoms with van der Waals surface area (Å²) in [6.45, 7) is 8.46. The van der Waals surface area contributed by atoms with E-state index in [0.717, 1.165) is 45.0 Å². The summed E-state index contributed by atoms with van der Waals surface area (Å²) in [6.07, 6.45) is 0.993. The number of benzene rings is 2. The van der Waals surface area contributed by atoms with Crippen molar-refractivity contribution >= 4 is 28.9 Å². The molecule has 2 aromatic rings. The molecule has 0 spiro atoms. The third-order valence-electron chi connectivity index (χ3n) is 4.96. The van der Waals surface area contributed by atoms with Gasteiger partial charge in [0.15, 0.2) is 5.11 Å². The Hall–Kier alpha value is -2.48. The molecule has 0 radical (unpaired) electrons. The van der Waals surface area contributed by atoms with Gasteiger partial charge in [-0.2, -0.15) is 0 Å². The Morgan fingerprint density at radius 2 is 1.93 bits per heavy atom. The summed E-state index contributed by atoms with van der Waals surface area (Å²) in [5.41, 5.74) is 2.57. The summed E-state index contributed by atoms with van der Waals surface area (Å²) in [7, 11) is 0. The van der Waals surface area contributed by atoms with E-state index in [9.17, 15) is 4.79 Å². The second-order valence-electron chi connectivity index (χ2n) is 7.36. The van der Waals surface area contributed by atoms with Gasteiger partial charge in [-0.3, -0.25) is 15.0 Å². The molecule has 1 aliphatic heterocycles. The van der Waals surface area contributed by atoms with Crippen LogP contribution >= 0.6 is 12.2 Å². The molecule has 0 aliphatic carbocycles. The molecule has 0 bridgehead atoms. The number of thiocarbonyl (C=S) groups is 1. The smallest absolute Gasteiger partial charge is 0.257 e.